The molecule has 2 atom stereocenters. The molecule has 0 spiro atoms. The van der Waals surface area contributed by atoms with Crippen molar-refractivity contribution in [2.75, 3.05) is 26.3 Å². The van der Waals surface area contributed by atoms with Gasteiger partial charge in [0.05, 0.1) is 25.5 Å². The fourth-order valence-electron chi connectivity index (χ4n) is 3.70. The van der Waals surface area contributed by atoms with Crippen LogP contribution in [0.1, 0.15) is 45.6 Å². The normalized spacial score (nSPS) is 26.4. The minimum Gasteiger partial charge on any atom is -0.379 e. The van der Waals surface area contributed by atoms with Crippen molar-refractivity contribution >= 4 is 5.91 Å². The van der Waals surface area contributed by atoms with Crippen molar-refractivity contribution in [2.45, 2.75) is 53.1 Å². The first kappa shape index (κ1) is 18.4. The molecule has 1 saturated carbocycles. The topological polar surface area (TPSA) is 67.6 Å². The van der Waals surface area contributed by atoms with E-state index in [1.165, 1.54) is 0 Å². The molecule has 0 bridgehead atoms. The van der Waals surface area contributed by atoms with Crippen LogP contribution in [0.25, 0.3) is 0 Å². The zero-order valence-electron chi connectivity index (χ0n) is 15.9. The molecule has 0 aromatic carbocycles. The van der Waals surface area contributed by atoms with Gasteiger partial charge in [0.15, 0.2) is 5.76 Å². The summed E-state index contributed by atoms with van der Waals surface area (Å²) in [5.41, 5.74) is 1.11. The summed E-state index contributed by atoms with van der Waals surface area (Å²) in [4.78, 5) is 14.3. The van der Waals surface area contributed by atoms with Crippen molar-refractivity contribution < 1.29 is 14.1 Å². The van der Waals surface area contributed by atoms with Gasteiger partial charge in [-0.15, -0.1) is 0 Å². The molecule has 1 aromatic rings. The van der Waals surface area contributed by atoms with Crippen molar-refractivity contribution in [3.8, 4) is 0 Å². The molecule has 6 nitrogen and oxygen atoms in total. The largest absolute Gasteiger partial charge is 0.379 e. The minimum absolute atomic E-state index is 0.0353. The molecule has 0 radical (unpaired) electrons. The number of nitrogens with zero attached hydrogens (tertiary/aromatic N) is 2. The Labute approximate surface area is 150 Å². The van der Waals surface area contributed by atoms with Crippen LogP contribution >= 0.6 is 0 Å². The van der Waals surface area contributed by atoms with Crippen LogP contribution in [0.5, 0.6) is 0 Å². The standard InChI is InChI=1S/C19H31N3O3/c1-13(2)18(23)20-17-10-14(19(17,3)4)9-15-11-16(25-21-15)12-22-5-7-24-8-6-22/h11,13-14,17H,5-10,12H2,1-4H3,(H,20,23)/t14-,17+/m1/s1. The van der Waals surface area contributed by atoms with E-state index in [1.54, 1.807) is 0 Å². The van der Waals surface area contributed by atoms with Gasteiger partial charge in [0.1, 0.15) is 0 Å². The summed E-state index contributed by atoms with van der Waals surface area (Å²) in [6.07, 6.45) is 1.92. The van der Waals surface area contributed by atoms with Crippen LogP contribution in [-0.2, 0) is 22.5 Å². The quantitative estimate of drug-likeness (QED) is 0.853. The van der Waals surface area contributed by atoms with E-state index in [-0.39, 0.29) is 23.3 Å². The molecule has 1 N–H and O–H groups in total. The van der Waals surface area contributed by atoms with Crippen LogP contribution in [0.4, 0.5) is 0 Å². The molecule has 3 rings (SSSR count). The van der Waals surface area contributed by atoms with Gasteiger partial charge < -0.3 is 14.6 Å². The van der Waals surface area contributed by atoms with E-state index in [2.05, 4.69) is 35.3 Å². The number of hydrogen-bond acceptors (Lipinski definition) is 5. The Morgan fingerprint density at radius 3 is 2.76 bits per heavy atom. The first-order valence-corrected chi connectivity index (χ1v) is 9.41. The Morgan fingerprint density at radius 2 is 2.12 bits per heavy atom. The summed E-state index contributed by atoms with van der Waals surface area (Å²) in [5, 5.41) is 7.44. The number of morpholine rings is 1. The highest BCUT2D eigenvalue weighted by atomic mass is 16.5. The van der Waals surface area contributed by atoms with Gasteiger partial charge in [0.25, 0.3) is 0 Å². The maximum absolute atomic E-state index is 11.9. The van der Waals surface area contributed by atoms with Crippen molar-refractivity contribution in [3.63, 3.8) is 0 Å². The molecule has 2 fully saturated rings. The second kappa shape index (κ2) is 7.46. The Bertz CT molecular complexity index is 590. The highest BCUT2D eigenvalue weighted by Gasteiger charge is 2.48. The van der Waals surface area contributed by atoms with Gasteiger partial charge in [-0.2, -0.15) is 0 Å². The lowest BCUT2D eigenvalue weighted by molar-refractivity contribution is -0.128. The van der Waals surface area contributed by atoms with Crippen molar-refractivity contribution in [2.24, 2.45) is 17.3 Å². The van der Waals surface area contributed by atoms with Gasteiger partial charge in [0.2, 0.25) is 5.91 Å². The lowest BCUT2D eigenvalue weighted by Crippen LogP contribution is -2.59. The Kier molecular flexibility index (Phi) is 5.49. The van der Waals surface area contributed by atoms with Crippen molar-refractivity contribution in [1.29, 1.82) is 0 Å². The minimum atomic E-state index is 0.0353. The number of aromatic nitrogens is 1. The Morgan fingerprint density at radius 1 is 1.40 bits per heavy atom. The Hall–Kier alpha value is -1.40. The van der Waals surface area contributed by atoms with Crippen molar-refractivity contribution in [3.05, 3.63) is 17.5 Å². The third-order valence-corrected chi connectivity index (χ3v) is 5.86. The Balaban J connectivity index is 1.51. The SMILES string of the molecule is CC(C)C(=O)N[C@H]1C[C@@H](Cc2cc(CN3CCOCC3)on2)C1(C)C. The van der Waals surface area contributed by atoms with E-state index in [9.17, 15) is 4.79 Å². The number of amides is 1. The lowest BCUT2D eigenvalue weighted by Gasteiger charge is -2.52. The maximum atomic E-state index is 11.9. The summed E-state index contributed by atoms with van der Waals surface area (Å²) < 4.78 is 10.9. The molecule has 140 valence electrons. The van der Waals surface area contributed by atoms with E-state index >= 15 is 0 Å². The molecule has 1 aromatic heterocycles. The summed E-state index contributed by atoms with van der Waals surface area (Å²) in [6.45, 7) is 12.6. The van der Waals surface area contributed by atoms with Crippen LogP contribution in [0, 0.1) is 17.3 Å². The van der Waals surface area contributed by atoms with Crippen LogP contribution in [0.2, 0.25) is 0 Å². The third-order valence-electron chi connectivity index (χ3n) is 5.86. The first-order valence-electron chi connectivity index (χ1n) is 9.41. The molecular formula is C19H31N3O3. The van der Waals surface area contributed by atoms with Gasteiger partial charge in [0, 0.05) is 31.1 Å². The van der Waals surface area contributed by atoms with E-state index in [1.807, 2.05) is 13.8 Å². The van der Waals surface area contributed by atoms with Crippen LogP contribution in [0.3, 0.4) is 0 Å². The molecule has 1 amide bonds. The van der Waals surface area contributed by atoms with Gasteiger partial charge in [-0.25, -0.2) is 0 Å². The second-order valence-electron chi connectivity index (χ2n) is 8.35. The van der Waals surface area contributed by atoms with Gasteiger partial charge >= 0.3 is 0 Å². The van der Waals surface area contributed by atoms with E-state index in [0.29, 0.717) is 5.92 Å². The van der Waals surface area contributed by atoms with E-state index in [0.717, 1.165) is 57.1 Å². The van der Waals surface area contributed by atoms with E-state index < -0.39 is 0 Å². The highest BCUT2D eigenvalue weighted by molar-refractivity contribution is 5.78. The predicted molar refractivity (Wildman–Crippen MR) is 95.0 cm³/mol. The number of hydrogen-bond donors (Lipinski definition) is 1. The van der Waals surface area contributed by atoms with Gasteiger partial charge in [-0.1, -0.05) is 32.9 Å². The average Bonchev–Trinajstić information content (AvgIpc) is 3.01. The monoisotopic (exact) mass is 349 g/mol. The zero-order chi connectivity index (χ0) is 18.0. The second-order valence-corrected chi connectivity index (χ2v) is 8.35. The number of nitrogens with one attached hydrogen (secondary N) is 1. The number of rotatable bonds is 6. The summed E-state index contributed by atoms with van der Waals surface area (Å²) >= 11 is 0. The maximum Gasteiger partial charge on any atom is 0.222 e. The fraction of sp³-hybridized carbons (Fsp3) is 0.789. The van der Waals surface area contributed by atoms with Crippen LogP contribution in [0.15, 0.2) is 10.6 Å². The summed E-state index contributed by atoms with van der Waals surface area (Å²) in [7, 11) is 0. The molecule has 0 unspecified atom stereocenters. The van der Waals surface area contributed by atoms with Crippen LogP contribution in [-0.4, -0.2) is 48.3 Å². The molecular weight excluding hydrogens is 318 g/mol. The molecule has 1 aliphatic heterocycles. The lowest BCUT2D eigenvalue weighted by atomic mass is 9.57. The van der Waals surface area contributed by atoms with Crippen molar-refractivity contribution in [1.82, 2.24) is 15.4 Å². The van der Waals surface area contributed by atoms with E-state index in [4.69, 9.17) is 9.26 Å². The zero-order valence-corrected chi connectivity index (χ0v) is 15.9. The third kappa shape index (κ3) is 4.23. The molecule has 25 heavy (non-hydrogen) atoms. The molecule has 6 heteroatoms. The smallest absolute Gasteiger partial charge is 0.222 e. The van der Waals surface area contributed by atoms with Crippen LogP contribution < -0.4 is 5.32 Å². The molecule has 2 heterocycles. The average molecular weight is 349 g/mol. The first-order chi connectivity index (χ1) is 11.9. The van der Waals surface area contributed by atoms with Gasteiger partial charge in [-0.05, 0) is 24.2 Å². The molecule has 1 saturated heterocycles. The summed E-state index contributed by atoms with van der Waals surface area (Å²) in [5.74, 6) is 1.63. The fourth-order valence-corrected chi connectivity index (χ4v) is 3.70. The number of ether oxygens (including phenoxy) is 1. The highest BCUT2D eigenvalue weighted by Crippen LogP contribution is 2.47. The molecule has 2 aliphatic rings. The number of carbonyl (C=O) groups excluding carboxylic acids is 1. The number of carbonyl (C=O) groups is 1. The predicted octanol–water partition coefficient (Wildman–Crippen LogP) is 2.24. The molecule has 1 aliphatic carbocycles. The summed E-state index contributed by atoms with van der Waals surface area (Å²) in [6, 6.07) is 2.35. The van der Waals surface area contributed by atoms with Gasteiger partial charge in [-0.3, -0.25) is 9.69 Å².